The van der Waals surface area contributed by atoms with Crippen LogP contribution in [0.15, 0.2) is 12.1 Å². The molecule has 0 radical (unpaired) electrons. The lowest BCUT2D eigenvalue weighted by Gasteiger charge is -2.13. The van der Waals surface area contributed by atoms with E-state index in [9.17, 15) is 14.9 Å². The van der Waals surface area contributed by atoms with Crippen LogP contribution in [0.5, 0.6) is 0 Å². The molecule has 2 aromatic rings. The zero-order chi connectivity index (χ0) is 17.3. The summed E-state index contributed by atoms with van der Waals surface area (Å²) in [6, 6.07) is 3.99. The molecular weight excluding hydrogens is 296 g/mol. The van der Waals surface area contributed by atoms with Crippen LogP contribution in [0.3, 0.4) is 0 Å². The molecule has 0 fully saturated rings. The molecule has 1 amide bonds. The van der Waals surface area contributed by atoms with Gasteiger partial charge in [-0.15, -0.1) is 0 Å². The quantitative estimate of drug-likeness (QED) is 0.693. The van der Waals surface area contributed by atoms with Gasteiger partial charge < -0.3 is 5.32 Å². The second-order valence-electron chi connectivity index (χ2n) is 5.76. The molecule has 23 heavy (non-hydrogen) atoms. The maximum atomic E-state index is 12.3. The van der Waals surface area contributed by atoms with Gasteiger partial charge in [0.2, 0.25) is 5.91 Å². The van der Waals surface area contributed by atoms with Crippen LogP contribution in [0, 0.1) is 44.7 Å². The van der Waals surface area contributed by atoms with Crippen molar-refractivity contribution in [3.63, 3.8) is 0 Å². The normalized spacial score (nSPS) is 10.7. The number of nitrogens with zero attached hydrogens (tertiary/aromatic N) is 3. The van der Waals surface area contributed by atoms with E-state index >= 15 is 0 Å². The number of benzene rings is 1. The van der Waals surface area contributed by atoms with Crippen LogP contribution in [0.4, 0.5) is 11.4 Å². The highest BCUT2D eigenvalue weighted by atomic mass is 16.6. The number of hydrogen-bond acceptors (Lipinski definition) is 4. The van der Waals surface area contributed by atoms with E-state index in [4.69, 9.17) is 0 Å². The molecule has 1 aromatic heterocycles. The zero-order valence-corrected chi connectivity index (χ0v) is 13.9. The molecule has 0 saturated heterocycles. The van der Waals surface area contributed by atoms with E-state index in [1.54, 1.807) is 13.8 Å². The summed E-state index contributed by atoms with van der Waals surface area (Å²) in [6.07, 6.45) is 0. The summed E-state index contributed by atoms with van der Waals surface area (Å²) in [7, 11) is 0. The minimum Gasteiger partial charge on any atom is -0.324 e. The molecule has 0 aliphatic carbocycles. The predicted octanol–water partition coefficient (Wildman–Crippen LogP) is 2.97. The number of aromatic nitrogens is 2. The number of aryl methyl sites for hydroxylation is 4. The van der Waals surface area contributed by atoms with E-state index in [1.807, 2.05) is 32.9 Å². The van der Waals surface area contributed by atoms with E-state index in [0.29, 0.717) is 11.4 Å². The average molecular weight is 316 g/mol. The third-order valence-corrected chi connectivity index (χ3v) is 3.76. The molecule has 122 valence electrons. The molecule has 0 aliphatic heterocycles. The number of carbonyl (C=O) groups excluding carboxylic acids is 1. The van der Waals surface area contributed by atoms with Gasteiger partial charge in [-0.05, 0) is 45.7 Å². The summed E-state index contributed by atoms with van der Waals surface area (Å²) >= 11 is 0. The molecule has 1 N–H and O–H groups in total. The lowest BCUT2D eigenvalue weighted by Crippen LogP contribution is -2.21. The summed E-state index contributed by atoms with van der Waals surface area (Å²) < 4.78 is 1.36. The fourth-order valence-corrected chi connectivity index (χ4v) is 2.80. The highest BCUT2D eigenvalue weighted by Gasteiger charge is 2.22. The van der Waals surface area contributed by atoms with Gasteiger partial charge in [0.15, 0.2) is 0 Å². The van der Waals surface area contributed by atoms with Crippen LogP contribution >= 0.6 is 0 Å². The standard InChI is InChI=1S/C16H20N4O3/c1-9-6-10(2)15(11(3)7-9)17-14(21)8-19-13(5)16(20(22)23)12(4)18-19/h6-7H,8H2,1-5H3,(H,17,21). The summed E-state index contributed by atoms with van der Waals surface area (Å²) in [5.74, 6) is -0.263. The Hall–Kier alpha value is -2.70. The number of rotatable bonds is 4. The lowest BCUT2D eigenvalue weighted by molar-refractivity contribution is -0.386. The first kappa shape index (κ1) is 16.7. The largest absolute Gasteiger partial charge is 0.324 e. The van der Waals surface area contributed by atoms with Crippen LogP contribution in [-0.2, 0) is 11.3 Å². The molecule has 0 saturated carbocycles. The van der Waals surface area contributed by atoms with Crippen molar-refractivity contribution in [2.75, 3.05) is 5.32 Å². The second-order valence-corrected chi connectivity index (χ2v) is 5.76. The highest BCUT2D eigenvalue weighted by Crippen LogP contribution is 2.23. The Morgan fingerprint density at radius 3 is 2.26 bits per heavy atom. The highest BCUT2D eigenvalue weighted by molar-refractivity contribution is 5.92. The van der Waals surface area contributed by atoms with Gasteiger partial charge in [-0.1, -0.05) is 17.7 Å². The minimum atomic E-state index is -0.472. The molecule has 0 atom stereocenters. The molecule has 2 rings (SSSR count). The van der Waals surface area contributed by atoms with Crippen LogP contribution in [0.1, 0.15) is 28.1 Å². The fraction of sp³-hybridized carbons (Fsp3) is 0.375. The fourth-order valence-electron chi connectivity index (χ4n) is 2.80. The molecule has 0 spiro atoms. The Kier molecular flexibility index (Phi) is 4.49. The molecule has 0 aliphatic rings. The molecule has 0 bridgehead atoms. The van der Waals surface area contributed by atoms with Crippen molar-refractivity contribution in [2.24, 2.45) is 0 Å². The maximum absolute atomic E-state index is 12.3. The van der Waals surface area contributed by atoms with Crippen molar-refractivity contribution >= 4 is 17.3 Å². The van der Waals surface area contributed by atoms with Crippen LogP contribution < -0.4 is 5.32 Å². The van der Waals surface area contributed by atoms with Gasteiger partial charge in [0.25, 0.3) is 0 Å². The van der Waals surface area contributed by atoms with Gasteiger partial charge in [-0.25, -0.2) is 0 Å². The van der Waals surface area contributed by atoms with E-state index in [0.717, 1.165) is 22.4 Å². The van der Waals surface area contributed by atoms with E-state index < -0.39 is 4.92 Å². The molecule has 1 heterocycles. The van der Waals surface area contributed by atoms with Crippen LogP contribution in [-0.4, -0.2) is 20.6 Å². The van der Waals surface area contributed by atoms with Gasteiger partial charge >= 0.3 is 5.69 Å². The maximum Gasteiger partial charge on any atom is 0.312 e. The van der Waals surface area contributed by atoms with Gasteiger partial charge in [0, 0.05) is 5.69 Å². The molecule has 0 unspecified atom stereocenters. The molecular formula is C16H20N4O3. The van der Waals surface area contributed by atoms with E-state index in [-0.39, 0.29) is 18.1 Å². The minimum absolute atomic E-state index is 0.0412. The third kappa shape index (κ3) is 3.39. The monoisotopic (exact) mass is 316 g/mol. The van der Waals surface area contributed by atoms with Gasteiger partial charge in [-0.2, -0.15) is 5.10 Å². The third-order valence-electron chi connectivity index (χ3n) is 3.76. The lowest BCUT2D eigenvalue weighted by atomic mass is 10.1. The Balaban J connectivity index is 2.21. The van der Waals surface area contributed by atoms with Gasteiger partial charge in [0.05, 0.1) is 4.92 Å². The Labute approximate surface area is 134 Å². The Morgan fingerprint density at radius 1 is 1.22 bits per heavy atom. The number of nitro groups is 1. The Morgan fingerprint density at radius 2 is 1.78 bits per heavy atom. The van der Waals surface area contributed by atoms with Crippen molar-refractivity contribution in [1.29, 1.82) is 0 Å². The topological polar surface area (TPSA) is 90.1 Å². The van der Waals surface area contributed by atoms with Crippen molar-refractivity contribution in [1.82, 2.24) is 9.78 Å². The molecule has 7 nitrogen and oxygen atoms in total. The smallest absolute Gasteiger partial charge is 0.312 e. The van der Waals surface area contributed by atoms with Crippen molar-refractivity contribution < 1.29 is 9.72 Å². The number of amides is 1. The number of anilines is 1. The van der Waals surface area contributed by atoms with Crippen molar-refractivity contribution in [2.45, 2.75) is 41.2 Å². The number of nitrogens with one attached hydrogen (secondary N) is 1. The summed E-state index contributed by atoms with van der Waals surface area (Å²) in [4.78, 5) is 22.8. The van der Waals surface area contributed by atoms with Gasteiger partial charge in [-0.3, -0.25) is 19.6 Å². The molecule has 1 aromatic carbocycles. The summed E-state index contributed by atoms with van der Waals surface area (Å²) in [5, 5.41) is 18.0. The van der Waals surface area contributed by atoms with Gasteiger partial charge in [0.1, 0.15) is 17.9 Å². The summed E-state index contributed by atoms with van der Waals surface area (Å²) in [6.45, 7) is 8.96. The number of carbonyl (C=O) groups is 1. The summed E-state index contributed by atoms with van der Waals surface area (Å²) in [5.41, 5.74) is 4.51. The average Bonchev–Trinajstić information content (AvgIpc) is 2.68. The molecule has 7 heteroatoms. The Bertz CT molecular complexity index is 770. The number of hydrogen-bond donors (Lipinski definition) is 1. The van der Waals surface area contributed by atoms with Crippen LogP contribution in [0.2, 0.25) is 0 Å². The van der Waals surface area contributed by atoms with Crippen LogP contribution in [0.25, 0.3) is 0 Å². The first-order valence-corrected chi connectivity index (χ1v) is 7.26. The first-order valence-electron chi connectivity index (χ1n) is 7.26. The second kappa shape index (κ2) is 6.20. The zero-order valence-electron chi connectivity index (χ0n) is 13.9. The van der Waals surface area contributed by atoms with Crippen molar-refractivity contribution in [3.8, 4) is 0 Å². The predicted molar refractivity (Wildman–Crippen MR) is 87.6 cm³/mol. The first-order chi connectivity index (χ1) is 10.7. The van der Waals surface area contributed by atoms with Crippen molar-refractivity contribution in [3.05, 3.63) is 50.3 Å². The van der Waals surface area contributed by atoms with E-state index in [2.05, 4.69) is 10.4 Å². The van der Waals surface area contributed by atoms with E-state index in [1.165, 1.54) is 4.68 Å². The SMILES string of the molecule is Cc1cc(C)c(NC(=O)Cn2nc(C)c([N+](=O)[O-])c2C)c(C)c1.